The van der Waals surface area contributed by atoms with Crippen molar-refractivity contribution < 1.29 is 70.2 Å². The van der Waals surface area contributed by atoms with Gasteiger partial charge >= 0.3 is 11.9 Å². The average Bonchev–Trinajstić information content (AvgIpc) is 2.72. The highest BCUT2D eigenvalue weighted by Gasteiger charge is 2.27. The lowest BCUT2D eigenvalue weighted by atomic mass is 9.93. The van der Waals surface area contributed by atoms with Crippen LogP contribution in [0.2, 0.25) is 0 Å². The summed E-state index contributed by atoms with van der Waals surface area (Å²) in [6.07, 6.45) is -0.722. The summed E-state index contributed by atoms with van der Waals surface area (Å²) in [6, 6.07) is 0. The SMILES string of the molecule is CC(=O)CC(=O)O.CC(=O)CC(=O)O.OCC(CO)(CO)CO.OCC(CO)(CO)CO. The van der Waals surface area contributed by atoms with Crippen LogP contribution in [-0.2, 0) is 19.2 Å². The van der Waals surface area contributed by atoms with Gasteiger partial charge in [0.2, 0.25) is 0 Å². The zero-order valence-corrected chi connectivity index (χ0v) is 18.2. The van der Waals surface area contributed by atoms with Crippen LogP contribution in [0.4, 0.5) is 0 Å². The molecule has 0 aromatic rings. The van der Waals surface area contributed by atoms with Crippen molar-refractivity contribution in [1.29, 1.82) is 0 Å². The Hall–Kier alpha value is -2.04. The van der Waals surface area contributed by atoms with Crippen molar-refractivity contribution in [1.82, 2.24) is 0 Å². The Balaban J connectivity index is -0.000000165. The van der Waals surface area contributed by atoms with Crippen LogP contribution in [0.15, 0.2) is 0 Å². The molecular weight excluding hydrogens is 440 g/mol. The summed E-state index contributed by atoms with van der Waals surface area (Å²) < 4.78 is 0. The molecule has 0 rings (SSSR count). The van der Waals surface area contributed by atoms with E-state index in [4.69, 9.17) is 51.1 Å². The summed E-state index contributed by atoms with van der Waals surface area (Å²) in [5, 5.41) is 83.7. The second-order valence-electron chi connectivity index (χ2n) is 6.81. The third-order valence-corrected chi connectivity index (χ3v) is 3.48. The van der Waals surface area contributed by atoms with Gasteiger partial charge in [-0.2, -0.15) is 0 Å². The molecule has 0 aliphatic heterocycles. The normalized spacial score (nSPS) is 10.3. The van der Waals surface area contributed by atoms with Crippen LogP contribution in [0, 0.1) is 10.8 Å². The van der Waals surface area contributed by atoms with Crippen LogP contribution in [0.3, 0.4) is 0 Å². The van der Waals surface area contributed by atoms with Gasteiger partial charge < -0.3 is 51.1 Å². The molecule has 0 bridgehead atoms. The smallest absolute Gasteiger partial charge is 0.310 e. The number of Topliss-reactive ketones (excluding diaryl/α,β-unsaturated/α-hetero) is 2. The molecule has 0 aliphatic rings. The van der Waals surface area contributed by atoms with Crippen LogP contribution >= 0.6 is 0 Å². The summed E-state index contributed by atoms with van der Waals surface area (Å²) in [5.74, 6) is -2.75. The van der Waals surface area contributed by atoms with Gasteiger partial charge in [0.15, 0.2) is 0 Å². The summed E-state index contributed by atoms with van der Waals surface area (Å²) in [4.78, 5) is 38.9. The lowest BCUT2D eigenvalue weighted by Crippen LogP contribution is -2.37. The highest BCUT2D eigenvalue weighted by molar-refractivity contribution is 5.93. The largest absolute Gasteiger partial charge is 0.481 e. The van der Waals surface area contributed by atoms with E-state index in [-0.39, 0.29) is 24.4 Å². The first kappa shape index (κ1) is 37.3. The molecule has 0 unspecified atom stereocenters. The molecule has 0 radical (unpaired) electrons. The van der Waals surface area contributed by atoms with Gasteiger partial charge in [-0.3, -0.25) is 19.2 Å². The minimum atomic E-state index is -1.11. The van der Waals surface area contributed by atoms with Gasteiger partial charge in [-0.1, -0.05) is 0 Å². The Morgan fingerprint density at radius 1 is 0.469 bits per heavy atom. The Morgan fingerprint density at radius 2 is 0.625 bits per heavy atom. The molecule has 0 fully saturated rings. The molecule has 0 saturated carbocycles. The van der Waals surface area contributed by atoms with E-state index in [9.17, 15) is 19.2 Å². The lowest BCUT2D eigenvalue weighted by molar-refractivity contribution is -0.141. The van der Waals surface area contributed by atoms with E-state index in [2.05, 4.69) is 0 Å². The van der Waals surface area contributed by atoms with E-state index in [1.54, 1.807) is 0 Å². The summed E-state index contributed by atoms with van der Waals surface area (Å²) in [7, 11) is 0. The first-order valence-corrected chi connectivity index (χ1v) is 9.04. The molecule has 0 aromatic heterocycles. The number of hydrogen-bond acceptors (Lipinski definition) is 12. The molecule has 0 spiro atoms. The number of ketones is 2. The van der Waals surface area contributed by atoms with Gasteiger partial charge in [-0.05, 0) is 13.8 Å². The van der Waals surface area contributed by atoms with Gasteiger partial charge in [0.25, 0.3) is 0 Å². The maximum atomic E-state index is 9.87. The van der Waals surface area contributed by atoms with Gasteiger partial charge in [0, 0.05) is 0 Å². The molecule has 0 heterocycles. The predicted octanol–water partition coefficient (Wildman–Crippen LogP) is -4.02. The topological polar surface area (TPSA) is 271 Å². The summed E-state index contributed by atoms with van der Waals surface area (Å²) in [5.41, 5.74) is -2.22. The minimum Gasteiger partial charge on any atom is -0.481 e. The number of carbonyl (C=O) groups excluding carboxylic acids is 2. The van der Waals surface area contributed by atoms with Gasteiger partial charge in [0.05, 0.1) is 63.7 Å². The molecule has 0 saturated heterocycles. The number of aliphatic carboxylic acids is 2. The zero-order chi connectivity index (χ0) is 26.4. The van der Waals surface area contributed by atoms with Crippen LogP contribution < -0.4 is 0 Å². The van der Waals surface area contributed by atoms with Crippen LogP contribution in [0.25, 0.3) is 0 Å². The van der Waals surface area contributed by atoms with Crippen molar-refractivity contribution in [3.8, 4) is 0 Å². The van der Waals surface area contributed by atoms with E-state index in [0.717, 1.165) is 0 Å². The molecule has 10 N–H and O–H groups in total. The number of carboxylic acids is 2. The maximum absolute atomic E-state index is 9.87. The molecule has 192 valence electrons. The fourth-order valence-corrected chi connectivity index (χ4v) is 1.03. The molecule has 0 atom stereocenters. The Morgan fingerprint density at radius 3 is 0.625 bits per heavy atom. The number of carboxylic acid groups (broad SMARTS) is 2. The van der Waals surface area contributed by atoms with Crippen LogP contribution in [0.5, 0.6) is 0 Å². The number of hydrogen-bond donors (Lipinski definition) is 10. The van der Waals surface area contributed by atoms with Crippen molar-refractivity contribution in [3.63, 3.8) is 0 Å². The number of aliphatic hydroxyl groups excluding tert-OH is 8. The quantitative estimate of drug-likeness (QED) is 0.120. The van der Waals surface area contributed by atoms with E-state index in [1.807, 2.05) is 0 Å². The zero-order valence-electron chi connectivity index (χ0n) is 18.2. The van der Waals surface area contributed by atoms with E-state index in [0.29, 0.717) is 0 Å². The van der Waals surface area contributed by atoms with Crippen molar-refractivity contribution in [3.05, 3.63) is 0 Å². The summed E-state index contributed by atoms with van der Waals surface area (Å²) >= 11 is 0. The molecule has 0 aromatic carbocycles. The molecule has 0 amide bonds. The highest BCUT2D eigenvalue weighted by atomic mass is 16.4. The van der Waals surface area contributed by atoms with Gasteiger partial charge in [-0.15, -0.1) is 0 Å². The van der Waals surface area contributed by atoms with E-state index in [1.165, 1.54) is 13.8 Å². The molecule has 0 aliphatic carbocycles. The molecule has 14 heteroatoms. The van der Waals surface area contributed by atoms with Crippen LogP contribution in [0.1, 0.15) is 26.7 Å². The average molecular weight is 476 g/mol. The van der Waals surface area contributed by atoms with E-state index < -0.39 is 75.6 Å². The van der Waals surface area contributed by atoms with Gasteiger partial charge in [-0.25, -0.2) is 0 Å². The predicted molar refractivity (Wildman–Crippen MR) is 107 cm³/mol. The standard InChI is InChI=1S/2C5H12O4.2C4H6O3/c2*6-1-5(2-7,3-8)4-9;2*1-3(5)2-4(6)7/h2*6-9H,1-4H2;2*2H2,1H3,(H,6,7). The van der Waals surface area contributed by atoms with Gasteiger partial charge in [0.1, 0.15) is 24.4 Å². The summed E-state index contributed by atoms with van der Waals surface area (Å²) in [6.45, 7) is -0.762. The second kappa shape index (κ2) is 22.2. The van der Waals surface area contributed by atoms with Crippen molar-refractivity contribution >= 4 is 23.5 Å². The number of rotatable bonds is 12. The fourth-order valence-electron chi connectivity index (χ4n) is 1.03. The number of aliphatic hydroxyl groups is 8. The van der Waals surface area contributed by atoms with Crippen molar-refractivity contribution in [2.24, 2.45) is 10.8 Å². The fraction of sp³-hybridized carbons (Fsp3) is 0.778. The molecule has 14 nitrogen and oxygen atoms in total. The Labute approximate surface area is 185 Å². The maximum Gasteiger partial charge on any atom is 0.310 e. The Kier molecular flexibility index (Phi) is 25.8. The number of carbonyl (C=O) groups is 4. The molecular formula is C18H36O14. The third-order valence-electron chi connectivity index (χ3n) is 3.48. The first-order chi connectivity index (χ1) is 14.7. The Bertz CT molecular complexity index is 407. The van der Waals surface area contributed by atoms with E-state index >= 15 is 0 Å². The lowest BCUT2D eigenvalue weighted by Gasteiger charge is -2.23. The molecule has 32 heavy (non-hydrogen) atoms. The van der Waals surface area contributed by atoms with Crippen molar-refractivity contribution in [2.75, 3.05) is 52.9 Å². The third kappa shape index (κ3) is 22.6. The minimum absolute atomic E-state index is 0.312. The van der Waals surface area contributed by atoms with Crippen molar-refractivity contribution in [2.45, 2.75) is 26.7 Å². The van der Waals surface area contributed by atoms with Crippen LogP contribution in [-0.4, -0.2) is 127 Å². The second-order valence-corrected chi connectivity index (χ2v) is 6.81. The first-order valence-electron chi connectivity index (χ1n) is 9.04. The monoisotopic (exact) mass is 476 g/mol. The highest BCUT2D eigenvalue weighted by Crippen LogP contribution is 2.12.